The van der Waals surface area contributed by atoms with Crippen LogP contribution < -0.4 is 10.6 Å². The second-order valence-corrected chi connectivity index (χ2v) is 9.59. The van der Waals surface area contributed by atoms with Crippen LogP contribution in [0, 0.1) is 6.92 Å². The van der Waals surface area contributed by atoms with E-state index in [1.807, 2.05) is 6.07 Å². The first-order chi connectivity index (χ1) is 14.1. The fraction of sp³-hybridized carbons (Fsp3) is 0.0909. The van der Waals surface area contributed by atoms with Crippen molar-refractivity contribution < 1.29 is 18.0 Å². The van der Waals surface area contributed by atoms with Gasteiger partial charge in [-0.25, -0.2) is 8.42 Å². The fourth-order valence-electron chi connectivity index (χ4n) is 2.79. The topological polar surface area (TPSA) is 92.3 Å². The Balaban J connectivity index is 1.75. The number of amides is 2. The average molecular weight is 487 g/mol. The Kier molecular flexibility index (Phi) is 6.38. The fourth-order valence-corrected chi connectivity index (χ4v) is 3.92. The zero-order chi connectivity index (χ0) is 21.9. The van der Waals surface area contributed by atoms with E-state index in [2.05, 4.69) is 26.6 Å². The molecule has 2 N–H and O–H groups in total. The van der Waals surface area contributed by atoms with Crippen LogP contribution in [0.1, 0.15) is 26.3 Å². The zero-order valence-electron chi connectivity index (χ0n) is 16.3. The number of carbonyl (C=O) groups excluding carboxylic acids is 2. The summed E-state index contributed by atoms with van der Waals surface area (Å²) in [7, 11) is -3.41. The number of rotatable bonds is 5. The highest BCUT2D eigenvalue weighted by atomic mass is 79.9. The molecule has 0 spiro atoms. The van der Waals surface area contributed by atoms with E-state index in [1.54, 1.807) is 49.4 Å². The molecule has 3 aromatic rings. The van der Waals surface area contributed by atoms with E-state index in [0.717, 1.165) is 11.8 Å². The third-order valence-corrected chi connectivity index (χ3v) is 6.18. The van der Waals surface area contributed by atoms with Crippen LogP contribution in [-0.4, -0.2) is 26.5 Å². The first-order valence-corrected chi connectivity index (χ1v) is 11.6. The lowest BCUT2D eigenvalue weighted by molar-refractivity contribution is 0.101. The maximum atomic E-state index is 12.5. The van der Waals surface area contributed by atoms with E-state index in [9.17, 15) is 18.0 Å². The molecule has 0 saturated heterocycles. The molecule has 0 heterocycles. The molecule has 6 nitrogen and oxygen atoms in total. The van der Waals surface area contributed by atoms with E-state index in [-0.39, 0.29) is 16.4 Å². The summed E-state index contributed by atoms with van der Waals surface area (Å²) < 4.78 is 24.1. The van der Waals surface area contributed by atoms with Gasteiger partial charge in [0.2, 0.25) is 0 Å². The molecule has 2 amide bonds. The van der Waals surface area contributed by atoms with Crippen LogP contribution in [0.25, 0.3) is 0 Å². The molecule has 0 aliphatic heterocycles. The average Bonchev–Trinajstić information content (AvgIpc) is 2.69. The van der Waals surface area contributed by atoms with Crippen molar-refractivity contribution >= 4 is 49.0 Å². The molecule has 154 valence electrons. The van der Waals surface area contributed by atoms with Crippen molar-refractivity contribution in [2.75, 3.05) is 16.9 Å². The number of aryl methyl sites for hydroxylation is 1. The zero-order valence-corrected chi connectivity index (χ0v) is 18.7. The van der Waals surface area contributed by atoms with Gasteiger partial charge in [-0.1, -0.05) is 18.2 Å². The van der Waals surface area contributed by atoms with Crippen molar-refractivity contribution in [2.45, 2.75) is 11.8 Å². The predicted octanol–water partition coefficient (Wildman–Crippen LogP) is 4.67. The Morgan fingerprint density at radius 3 is 2.27 bits per heavy atom. The van der Waals surface area contributed by atoms with Crippen LogP contribution in [0.15, 0.2) is 76.1 Å². The van der Waals surface area contributed by atoms with Crippen LogP contribution in [0.3, 0.4) is 0 Å². The highest BCUT2D eigenvalue weighted by Crippen LogP contribution is 2.23. The Morgan fingerprint density at radius 1 is 0.867 bits per heavy atom. The largest absolute Gasteiger partial charge is 0.322 e. The van der Waals surface area contributed by atoms with Crippen LogP contribution in [0.2, 0.25) is 0 Å². The van der Waals surface area contributed by atoms with E-state index >= 15 is 0 Å². The number of hydrogen-bond donors (Lipinski definition) is 2. The van der Waals surface area contributed by atoms with Crippen LogP contribution in [0.4, 0.5) is 11.4 Å². The molecule has 0 fully saturated rings. The monoisotopic (exact) mass is 486 g/mol. The maximum absolute atomic E-state index is 12.5. The second kappa shape index (κ2) is 8.81. The predicted molar refractivity (Wildman–Crippen MR) is 121 cm³/mol. The van der Waals surface area contributed by atoms with Crippen molar-refractivity contribution in [3.05, 3.63) is 87.9 Å². The van der Waals surface area contributed by atoms with Crippen molar-refractivity contribution in [1.29, 1.82) is 0 Å². The third kappa shape index (κ3) is 5.14. The summed E-state index contributed by atoms with van der Waals surface area (Å²) in [5.41, 5.74) is 2.64. The van der Waals surface area contributed by atoms with Gasteiger partial charge >= 0.3 is 0 Å². The van der Waals surface area contributed by atoms with Gasteiger partial charge in [0.05, 0.1) is 10.5 Å². The minimum Gasteiger partial charge on any atom is -0.322 e. The van der Waals surface area contributed by atoms with E-state index in [1.165, 1.54) is 18.2 Å². The Labute approximate surface area is 183 Å². The SMILES string of the molecule is Cc1cc(NC(=O)c2ccccc2Br)ccc1NC(=O)c1cccc(S(C)(=O)=O)c1. The molecular formula is C22H19BrN2O4S. The highest BCUT2D eigenvalue weighted by molar-refractivity contribution is 9.10. The summed E-state index contributed by atoms with van der Waals surface area (Å²) in [5, 5.41) is 5.60. The maximum Gasteiger partial charge on any atom is 0.256 e. The van der Waals surface area contributed by atoms with E-state index in [4.69, 9.17) is 0 Å². The van der Waals surface area contributed by atoms with E-state index in [0.29, 0.717) is 21.4 Å². The lowest BCUT2D eigenvalue weighted by atomic mass is 10.1. The summed E-state index contributed by atoms with van der Waals surface area (Å²) in [6.45, 7) is 1.80. The summed E-state index contributed by atoms with van der Waals surface area (Å²) in [4.78, 5) is 25.1. The highest BCUT2D eigenvalue weighted by Gasteiger charge is 2.14. The molecule has 3 rings (SSSR count). The number of sulfone groups is 1. The van der Waals surface area contributed by atoms with Gasteiger partial charge in [-0.05, 0) is 76.9 Å². The number of halogens is 1. The summed E-state index contributed by atoms with van der Waals surface area (Å²) in [6.07, 6.45) is 1.09. The molecule has 30 heavy (non-hydrogen) atoms. The molecule has 8 heteroatoms. The Morgan fingerprint density at radius 2 is 1.60 bits per heavy atom. The first kappa shape index (κ1) is 21.7. The smallest absolute Gasteiger partial charge is 0.256 e. The number of nitrogens with one attached hydrogen (secondary N) is 2. The first-order valence-electron chi connectivity index (χ1n) is 8.93. The Hall–Kier alpha value is -2.97. The number of hydrogen-bond acceptors (Lipinski definition) is 4. The number of benzene rings is 3. The van der Waals surface area contributed by atoms with Crippen molar-refractivity contribution in [3.63, 3.8) is 0 Å². The third-order valence-electron chi connectivity index (χ3n) is 4.38. The normalized spacial score (nSPS) is 11.0. The van der Waals surface area contributed by atoms with Crippen molar-refractivity contribution in [2.24, 2.45) is 0 Å². The summed E-state index contributed by atoms with van der Waals surface area (Å²) in [5.74, 6) is -0.676. The lowest BCUT2D eigenvalue weighted by Gasteiger charge is -2.12. The molecular weight excluding hydrogens is 468 g/mol. The number of anilines is 2. The van der Waals surface area contributed by atoms with Gasteiger partial charge in [0.1, 0.15) is 0 Å². The number of carbonyl (C=O) groups is 2. The van der Waals surface area contributed by atoms with Crippen LogP contribution in [-0.2, 0) is 9.84 Å². The van der Waals surface area contributed by atoms with Gasteiger partial charge in [-0.2, -0.15) is 0 Å². The van der Waals surface area contributed by atoms with Crippen molar-refractivity contribution in [3.8, 4) is 0 Å². The summed E-state index contributed by atoms with van der Waals surface area (Å²) >= 11 is 3.36. The molecule has 0 aliphatic rings. The molecule has 0 radical (unpaired) electrons. The van der Waals surface area contributed by atoms with Gasteiger partial charge in [-0.3, -0.25) is 9.59 Å². The summed E-state index contributed by atoms with van der Waals surface area (Å²) in [6, 6.07) is 18.1. The molecule has 0 bridgehead atoms. The molecule has 3 aromatic carbocycles. The molecule has 0 aliphatic carbocycles. The van der Waals surface area contributed by atoms with Crippen LogP contribution in [0.5, 0.6) is 0 Å². The van der Waals surface area contributed by atoms with Crippen molar-refractivity contribution in [1.82, 2.24) is 0 Å². The van der Waals surface area contributed by atoms with Gasteiger partial charge in [0, 0.05) is 27.7 Å². The van der Waals surface area contributed by atoms with Gasteiger partial charge in [0.15, 0.2) is 9.84 Å². The minimum atomic E-state index is -3.41. The van der Waals surface area contributed by atoms with E-state index < -0.39 is 15.7 Å². The minimum absolute atomic E-state index is 0.0806. The lowest BCUT2D eigenvalue weighted by Crippen LogP contribution is -2.15. The van der Waals surface area contributed by atoms with Gasteiger partial charge in [0.25, 0.3) is 11.8 Å². The molecule has 0 saturated carbocycles. The Bertz CT molecular complexity index is 1240. The molecule has 0 atom stereocenters. The molecule has 0 unspecified atom stereocenters. The molecule has 0 aromatic heterocycles. The van der Waals surface area contributed by atoms with Gasteiger partial charge < -0.3 is 10.6 Å². The standard InChI is InChI=1S/C22H19BrN2O4S/c1-14-12-16(24-22(27)18-8-3-4-9-19(18)23)10-11-20(14)25-21(26)15-6-5-7-17(13-15)30(2,28)29/h3-13H,1-2H3,(H,24,27)(H,25,26). The van der Waals surface area contributed by atoms with Gasteiger partial charge in [-0.15, -0.1) is 0 Å². The second-order valence-electron chi connectivity index (χ2n) is 6.72. The quantitative estimate of drug-likeness (QED) is 0.548. The van der Waals surface area contributed by atoms with Crippen LogP contribution >= 0.6 is 15.9 Å².